The summed E-state index contributed by atoms with van der Waals surface area (Å²) in [6, 6.07) is 14.4. The number of nitrogens with zero attached hydrogens (tertiary/aromatic N) is 2. The molecule has 3 aromatic rings. The number of nitrogens with two attached hydrogens (primary N) is 1. The van der Waals surface area contributed by atoms with E-state index in [0.717, 1.165) is 17.7 Å². The number of rotatable bonds is 2. The summed E-state index contributed by atoms with van der Waals surface area (Å²) >= 11 is 0. The minimum Gasteiger partial charge on any atom is -0.420 e. The molecular weight excluding hydrogens is 338 g/mol. The monoisotopic (exact) mass is 350 g/mol. The summed E-state index contributed by atoms with van der Waals surface area (Å²) in [5.41, 5.74) is 7.85. The van der Waals surface area contributed by atoms with Crippen molar-refractivity contribution in [3.05, 3.63) is 82.7 Å². The van der Waals surface area contributed by atoms with Crippen LogP contribution >= 0.6 is 0 Å². The molecule has 2 aromatic carbocycles. The minimum absolute atomic E-state index is 0.0431. The van der Waals surface area contributed by atoms with E-state index in [9.17, 15) is 14.0 Å². The molecule has 0 aliphatic carbocycles. The van der Waals surface area contributed by atoms with Gasteiger partial charge in [-0.2, -0.15) is 5.26 Å². The predicted molar refractivity (Wildman–Crippen MR) is 89.7 cm³/mol. The van der Waals surface area contributed by atoms with Gasteiger partial charge in [-0.05, 0) is 11.6 Å². The maximum Gasteiger partial charge on any atom is 0.244 e. The topological polar surface area (TPSA) is 87.7 Å². The molecule has 0 spiro atoms. The molecule has 26 heavy (non-hydrogen) atoms. The fourth-order valence-corrected chi connectivity index (χ4v) is 3.12. The number of fused-ring (bicyclic) bond motifs is 1. The van der Waals surface area contributed by atoms with E-state index in [0.29, 0.717) is 11.3 Å². The molecule has 0 saturated carbocycles. The molecule has 5 nitrogen and oxygen atoms in total. The molecule has 7 heteroatoms. The summed E-state index contributed by atoms with van der Waals surface area (Å²) in [4.78, 5) is 0. The summed E-state index contributed by atoms with van der Waals surface area (Å²) in [6.45, 7) is 0. The Hall–Kier alpha value is -3.66. The highest BCUT2D eigenvalue weighted by Gasteiger charge is 2.36. The van der Waals surface area contributed by atoms with Crippen LogP contribution < -0.4 is 10.5 Å². The van der Waals surface area contributed by atoms with Gasteiger partial charge in [-0.15, -0.1) is 5.10 Å². The molecule has 0 fully saturated rings. The predicted octanol–water partition coefficient (Wildman–Crippen LogP) is 3.57. The first-order chi connectivity index (χ1) is 12.6. The Balaban J connectivity index is 1.99. The Morgan fingerprint density at radius 2 is 1.92 bits per heavy atom. The fourth-order valence-electron chi connectivity index (χ4n) is 3.12. The molecule has 0 radical (unpaired) electrons. The van der Waals surface area contributed by atoms with Crippen molar-refractivity contribution in [2.75, 3.05) is 0 Å². The molecule has 2 heterocycles. The number of hydrogen-bond acceptors (Lipinski definition) is 4. The summed E-state index contributed by atoms with van der Waals surface area (Å²) in [6.07, 6.45) is 0. The zero-order valence-electron chi connectivity index (χ0n) is 13.3. The summed E-state index contributed by atoms with van der Waals surface area (Å²) < 4.78 is 33.3. The van der Waals surface area contributed by atoms with E-state index < -0.39 is 17.6 Å². The molecule has 4 rings (SSSR count). The zero-order valence-corrected chi connectivity index (χ0v) is 13.3. The first-order valence-electron chi connectivity index (χ1n) is 7.76. The smallest absolute Gasteiger partial charge is 0.244 e. The van der Waals surface area contributed by atoms with Crippen LogP contribution in [0.3, 0.4) is 0 Å². The van der Waals surface area contributed by atoms with Gasteiger partial charge >= 0.3 is 0 Å². The highest BCUT2D eigenvalue weighted by molar-refractivity contribution is 5.70. The quantitative estimate of drug-likeness (QED) is 0.739. The van der Waals surface area contributed by atoms with Crippen LogP contribution in [0.15, 0.2) is 60.0 Å². The molecule has 0 bridgehead atoms. The highest BCUT2D eigenvalue weighted by atomic mass is 19.1. The number of nitrogens with one attached hydrogen (secondary N) is 1. The molecule has 128 valence electrons. The third-order valence-electron chi connectivity index (χ3n) is 4.27. The second kappa shape index (κ2) is 6.01. The molecule has 1 atom stereocenters. The number of H-pyrrole nitrogens is 1. The summed E-state index contributed by atoms with van der Waals surface area (Å²) in [5.74, 6) is -2.33. The van der Waals surface area contributed by atoms with E-state index in [1.54, 1.807) is 0 Å². The first kappa shape index (κ1) is 15.8. The van der Waals surface area contributed by atoms with Crippen LogP contribution in [-0.4, -0.2) is 10.2 Å². The molecule has 1 aliphatic heterocycles. The number of aromatic nitrogens is 2. The largest absolute Gasteiger partial charge is 0.420 e. The van der Waals surface area contributed by atoms with E-state index in [-0.39, 0.29) is 22.9 Å². The molecule has 1 unspecified atom stereocenters. The van der Waals surface area contributed by atoms with Gasteiger partial charge in [-0.25, -0.2) is 8.78 Å². The van der Waals surface area contributed by atoms with Gasteiger partial charge in [0.25, 0.3) is 0 Å². The average molecular weight is 350 g/mol. The van der Waals surface area contributed by atoms with Gasteiger partial charge in [0.2, 0.25) is 11.8 Å². The van der Waals surface area contributed by atoms with Crippen LogP contribution in [0.25, 0.3) is 11.3 Å². The van der Waals surface area contributed by atoms with Crippen molar-refractivity contribution in [2.45, 2.75) is 5.92 Å². The van der Waals surface area contributed by atoms with Gasteiger partial charge in [-0.3, -0.25) is 5.10 Å². The maximum absolute atomic E-state index is 14.5. The molecule has 3 N–H and O–H groups in total. The van der Waals surface area contributed by atoms with Crippen molar-refractivity contribution in [3.63, 3.8) is 0 Å². The van der Waals surface area contributed by atoms with Gasteiger partial charge in [0.05, 0.1) is 17.2 Å². The summed E-state index contributed by atoms with van der Waals surface area (Å²) in [5, 5.41) is 16.5. The van der Waals surface area contributed by atoms with E-state index in [1.807, 2.05) is 36.4 Å². The SMILES string of the molecule is N#CC1=C(N)Oc2n[nH]c(-c3ccccc3)c2C1c1ccc(F)cc1F. The molecule has 0 amide bonds. The Morgan fingerprint density at radius 1 is 1.15 bits per heavy atom. The zero-order chi connectivity index (χ0) is 18.3. The number of benzene rings is 2. The van der Waals surface area contributed by atoms with Crippen LogP contribution in [0.4, 0.5) is 8.78 Å². The number of allylic oxidation sites excluding steroid dienone is 1. The van der Waals surface area contributed by atoms with Crippen molar-refractivity contribution in [2.24, 2.45) is 5.73 Å². The maximum atomic E-state index is 14.5. The lowest BCUT2D eigenvalue weighted by atomic mass is 9.82. The second-order valence-electron chi connectivity index (χ2n) is 5.77. The third-order valence-corrected chi connectivity index (χ3v) is 4.27. The lowest BCUT2D eigenvalue weighted by Gasteiger charge is -2.24. The van der Waals surface area contributed by atoms with Crippen molar-refractivity contribution in [3.8, 4) is 23.2 Å². The molecule has 1 aromatic heterocycles. The van der Waals surface area contributed by atoms with Gasteiger partial charge < -0.3 is 10.5 Å². The Kier molecular flexibility index (Phi) is 3.66. The molecule has 1 aliphatic rings. The Morgan fingerprint density at radius 3 is 2.62 bits per heavy atom. The Bertz CT molecular complexity index is 1070. The highest BCUT2D eigenvalue weighted by Crippen LogP contribution is 2.46. The van der Waals surface area contributed by atoms with Crippen molar-refractivity contribution in [1.82, 2.24) is 10.2 Å². The van der Waals surface area contributed by atoms with E-state index in [4.69, 9.17) is 10.5 Å². The standard InChI is InChI=1S/C19H12F2N4O/c20-11-6-7-12(14(21)8-11)15-13(9-22)18(23)26-19-16(15)17(24-25-19)10-4-2-1-3-5-10/h1-8,15H,23H2,(H,24,25). The van der Waals surface area contributed by atoms with E-state index in [1.165, 1.54) is 6.07 Å². The first-order valence-corrected chi connectivity index (χ1v) is 7.76. The number of nitriles is 1. The number of ether oxygens (including phenoxy) is 1. The second-order valence-corrected chi connectivity index (χ2v) is 5.77. The van der Waals surface area contributed by atoms with Crippen LogP contribution in [-0.2, 0) is 0 Å². The van der Waals surface area contributed by atoms with E-state index in [2.05, 4.69) is 10.2 Å². The van der Waals surface area contributed by atoms with Crippen LogP contribution in [0.1, 0.15) is 17.0 Å². The fraction of sp³-hybridized carbons (Fsp3) is 0.0526. The van der Waals surface area contributed by atoms with Crippen molar-refractivity contribution in [1.29, 1.82) is 5.26 Å². The van der Waals surface area contributed by atoms with Gasteiger partial charge in [0.1, 0.15) is 23.3 Å². The third kappa shape index (κ3) is 2.40. The van der Waals surface area contributed by atoms with Crippen molar-refractivity contribution < 1.29 is 13.5 Å². The van der Waals surface area contributed by atoms with Gasteiger partial charge in [0.15, 0.2) is 0 Å². The average Bonchev–Trinajstić information content (AvgIpc) is 3.05. The number of aromatic amines is 1. The molecular formula is C19H12F2N4O. The number of halogens is 2. The summed E-state index contributed by atoms with van der Waals surface area (Å²) in [7, 11) is 0. The van der Waals surface area contributed by atoms with Crippen LogP contribution in [0.5, 0.6) is 5.88 Å². The number of hydrogen-bond donors (Lipinski definition) is 2. The van der Waals surface area contributed by atoms with Gasteiger partial charge in [0, 0.05) is 11.6 Å². The van der Waals surface area contributed by atoms with Crippen LogP contribution in [0, 0.1) is 23.0 Å². The minimum atomic E-state index is -0.863. The van der Waals surface area contributed by atoms with Crippen LogP contribution in [0.2, 0.25) is 0 Å². The lowest BCUT2D eigenvalue weighted by molar-refractivity contribution is 0.378. The molecule has 0 saturated heterocycles. The Labute approximate surface area is 147 Å². The van der Waals surface area contributed by atoms with Gasteiger partial charge in [-0.1, -0.05) is 36.4 Å². The normalized spacial score (nSPS) is 16.0. The lowest BCUT2D eigenvalue weighted by Crippen LogP contribution is -2.21. The van der Waals surface area contributed by atoms with E-state index >= 15 is 0 Å². The van der Waals surface area contributed by atoms with Crippen molar-refractivity contribution >= 4 is 0 Å².